The number of carbonyl (C=O) groups excluding carboxylic acids is 1. The second-order valence-corrected chi connectivity index (χ2v) is 6.39. The van der Waals surface area contributed by atoms with Gasteiger partial charge >= 0.3 is 0 Å². The average molecular weight is 292 g/mol. The quantitative estimate of drug-likeness (QED) is 0.922. The summed E-state index contributed by atoms with van der Waals surface area (Å²) in [4.78, 5) is 16.6. The molecule has 0 spiro atoms. The van der Waals surface area contributed by atoms with Crippen molar-refractivity contribution in [2.75, 3.05) is 0 Å². The fraction of sp³-hybridized carbons (Fsp3) is 0.500. The number of amides is 1. The first kappa shape index (κ1) is 14.7. The maximum atomic E-state index is 12.2. The maximum absolute atomic E-state index is 12.2. The van der Waals surface area contributed by atoms with E-state index in [0.717, 1.165) is 23.4 Å². The van der Waals surface area contributed by atoms with Crippen molar-refractivity contribution < 1.29 is 4.79 Å². The van der Waals surface area contributed by atoms with E-state index in [4.69, 9.17) is 0 Å². The molecule has 0 aliphatic carbocycles. The molecular weight excluding hydrogens is 272 g/mol. The van der Waals surface area contributed by atoms with Crippen molar-refractivity contribution in [1.29, 1.82) is 0 Å². The third-order valence-electron chi connectivity index (χ3n) is 3.02. The third kappa shape index (κ3) is 3.45. The van der Waals surface area contributed by atoms with Gasteiger partial charge in [0.05, 0.1) is 6.20 Å². The number of carbonyl (C=O) groups is 1. The Morgan fingerprint density at radius 1 is 1.50 bits per heavy atom. The predicted molar refractivity (Wildman–Crippen MR) is 80.8 cm³/mol. The van der Waals surface area contributed by atoms with E-state index in [0.29, 0.717) is 5.69 Å². The molecule has 20 heavy (non-hydrogen) atoms. The Kier molecular flexibility index (Phi) is 4.23. The molecule has 0 bridgehead atoms. The number of aromatic nitrogens is 3. The number of nitrogens with zero attached hydrogens (tertiary/aromatic N) is 3. The molecule has 2 aromatic heterocycles. The van der Waals surface area contributed by atoms with Crippen LogP contribution in [0.2, 0.25) is 0 Å². The molecule has 1 N–H and O–H groups in total. The molecule has 5 nitrogen and oxygen atoms in total. The lowest BCUT2D eigenvalue weighted by atomic mass is 9.99. The van der Waals surface area contributed by atoms with Gasteiger partial charge in [0.2, 0.25) is 0 Å². The van der Waals surface area contributed by atoms with Gasteiger partial charge in [-0.2, -0.15) is 5.10 Å². The molecule has 2 rings (SSSR count). The highest BCUT2D eigenvalue weighted by atomic mass is 32.1. The molecule has 1 amide bonds. The Labute approximate surface area is 123 Å². The van der Waals surface area contributed by atoms with Crippen LogP contribution in [0.4, 0.5) is 0 Å². The molecule has 0 aliphatic heterocycles. The van der Waals surface area contributed by atoms with Gasteiger partial charge in [-0.25, -0.2) is 4.98 Å². The summed E-state index contributed by atoms with van der Waals surface area (Å²) < 4.78 is 1.72. The Morgan fingerprint density at radius 2 is 2.25 bits per heavy atom. The van der Waals surface area contributed by atoms with Gasteiger partial charge in [-0.3, -0.25) is 9.48 Å². The zero-order valence-electron chi connectivity index (χ0n) is 12.3. The highest BCUT2D eigenvalue weighted by Gasteiger charge is 2.21. The molecule has 0 unspecified atom stereocenters. The minimum Gasteiger partial charge on any atom is -0.346 e. The summed E-state index contributed by atoms with van der Waals surface area (Å²) in [5, 5.41) is 9.75. The van der Waals surface area contributed by atoms with Crippen LogP contribution in [-0.2, 0) is 7.05 Å². The molecule has 0 aromatic carbocycles. The first-order chi connectivity index (χ1) is 9.41. The molecular formula is C14H20N4OS. The van der Waals surface area contributed by atoms with Crippen LogP contribution in [0.3, 0.4) is 0 Å². The van der Waals surface area contributed by atoms with Crippen LogP contribution in [-0.4, -0.2) is 26.2 Å². The fourth-order valence-electron chi connectivity index (χ4n) is 2.10. The lowest BCUT2D eigenvalue weighted by Crippen LogP contribution is -2.43. The number of thiazole rings is 1. The van der Waals surface area contributed by atoms with E-state index in [-0.39, 0.29) is 11.4 Å². The minimum absolute atomic E-state index is 0.116. The molecule has 2 aromatic rings. The van der Waals surface area contributed by atoms with Crippen molar-refractivity contribution in [2.24, 2.45) is 7.05 Å². The molecule has 0 saturated carbocycles. The van der Waals surface area contributed by atoms with E-state index in [1.54, 1.807) is 16.3 Å². The van der Waals surface area contributed by atoms with Gasteiger partial charge in [0.25, 0.3) is 5.91 Å². The summed E-state index contributed by atoms with van der Waals surface area (Å²) in [7, 11) is 1.86. The minimum atomic E-state index is -0.204. The van der Waals surface area contributed by atoms with Crippen molar-refractivity contribution in [3.63, 3.8) is 0 Å². The monoisotopic (exact) mass is 292 g/mol. The Bertz CT molecular complexity index is 600. The van der Waals surface area contributed by atoms with Gasteiger partial charge in [-0.1, -0.05) is 13.3 Å². The summed E-state index contributed by atoms with van der Waals surface area (Å²) in [5.41, 5.74) is 1.20. The largest absolute Gasteiger partial charge is 0.346 e. The van der Waals surface area contributed by atoms with Crippen LogP contribution in [0.1, 0.15) is 44.1 Å². The fourth-order valence-corrected chi connectivity index (χ4v) is 2.88. The van der Waals surface area contributed by atoms with Crippen LogP contribution in [0.25, 0.3) is 10.6 Å². The van der Waals surface area contributed by atoms with E-state index in [2.05, 4.69) is 22.3 Å². The third-order valence-corrected chi connectivity index (χ3v) is 3.91. The van der Waals surface area contributed by atoms with Gasteiger partial charge in [0.1, 0.15) is 10.7 Å². The first-order valence-electron chi connectivity index (χ1n) is 6.68. The Hall–Kier alpha value is -1.69. The molecule has 108 valence electrons. The summed E-state index contributed by atoms with van der Waals surface area (Å²) in [5.74, 6) is -0.116. The number of aryl methyl sites for hydroxylation is 1. The number of hydrogen-bond acceptors (Lipinski definition) is 4. The molecule has 0 aliphatic rings. The maximum Gasteiger partial charge on any atom is 0.271 e. The van der Waals surface area contributed by atoms with Gasteiger partial charge in [0, 0.05) is 29.7 Å². The Morgan fingerprint density at radius 3 is 2.85 bits per heavy atom. The van der Waals surface area contributed by atoms with E-state index < -0.39 is 0 Å². The van der Waals surface area contributed by atoms with Crippen LogP contribution >= 0.6 is 11.3 Å². The first-order valence-corrected chi connectivity index (χ1v) is 7.56. The van der Waals surface area contributed by atoms with Crippen molar-refractivity contribution >= 4 is 17.2 Å². The van der Waals surface area contributed by atoms with Crippen LogP contribution in [0, 0.1) is 0 Å². The molecule has 0 fully saturated rings. The second-order valence-electron chi connectivity index (χ2n) is 5.53. The van der Waals surface area contributed by atoms with E-state index in [9.17, 15) is 4.79 Å². The van der Waals surface area contributed by atoms with Crippen LogP contribution < -0.4 is 5.32 Å². The van der Waals surface area contributed by atoms with Crippen LogP contribution in [0.15, 0.2) is 17.8 Å². The second kappa shape index (κ2) is 5.75. The summed E-state index contributed by atoms with van der Waals surface area (Å²) in [6.07, 6.45) is 5.62. The SMILES string of the molecule is CCCC(C)(C)NC(=O)c1csc(-c2cnn(C)c2)n1. The lowest BCUT2D eigenvalue weighted by Gasteiger charge is -2.25. The summed E-state index contributed by atoms with van der Waals surface area (Å²) >= 11 is 1.46. The zero-order chi connectivity index (χ0) is 14.8. The highest BCUT2D eigenvalue weighted by Crippen LogP contribution is 2.23. The van der Waals surface area contributed by atoms with Crippen LogP contribution in [0.5, 0.6) is 0 Å². The number of rotatable bonds is 5. The van der Waals surface area contributed by atoms with Gasteiger partial charge in [-0.15, -0.1) is 11.3 Å². The molecule has 2 heterocycles. The normalized spacial score (nSPS) is 11.6. The van der Waals surface area contributed by atoms with Crippen molar-refractivity contribution in [2.45, 2.75) is 39.2 Å². The average Bonchev–Trinajstić information content (AvgIpc) is 2.96. The summed E-state index contributed by atoms with van der Waals surface area (Å²) in [6.45, 7) is 6.17. The predicted octanol–water partition coefficient (Wildman–Crippen LogP) is 2.85. The topological polar surface area (TPSA) is 59.8 Å². The molecule has 0 radical (unpaired) electrons. The van der Waals surface area contributed by atoms with Crippen molar-refractivity contribution in [3.05, 3.63) is 23.5 Å². The highest BCUT2D eigenvalue weighted by molar-refractivity contribution is 7.13. The molecule has 0 atom stereocenters. The number of nitrogens with one attached hydrogen (secondary N) is 1. The number of hydrogen-bond donors (Lipinski definition) is 1. The van der Waals surface area contributed by atoms with E-state index in [1.165, 1.54) is 11.3 Å². The van der Waals surface area contributed by atoms with Gasteiger partial charge in [0.15, 0.2) is 0 Å². The van der Waals surface area contributed by atoms with Gasteiger partial charge in [-0.05, 0) is 20.3 Å². The Balaban J connectivity index is 2.11. The van der Waals surface area contributed by atoms with E-state index in [1.807, 2.05) is 27.1 Å². The summed E-state index contributed by atoms with van der Waals surface area (Å²) in [6, 6.07) is 0. The van der Waals surface area contributed by atoms with Crippen molar-refractivity contribution in [1.82, 2.24) is 20.1 Å². The molecule has 6 heteroatoms. The molecule has 0 saturated heterocycles. The standard InChI is InChI=1S/C14H20N4OS/c1-5-6-14(2,3)17-12(19)11-9-20-13(16-11)10-7-15-18(4)8-10/h7-9H,5-6H2,1-4H3,(H,17,19). The lowest BCUT2D eigenvalue weighted by molar-refractivity contribution is 0.0904. The zero-order valence-corrected chi connectivity index (χ0v) is 13.1. The van der Waals surface area contributed by atoms with E-state index >= 15 is 0 Å². The smallest absolute Gasteiger partial charge is 0.271 e. The van der Waals surface area contributed by atoms with Gasteiger partial charge < -0.3 is 5.32 Å². The van der Waals surface area contributed by atoms with Crippen molar-refractivity contribution in [3.8, 4) is 10.6 Å².